The van der Waals surface area contributed by atoms with Crippen LogP contribution >= 0.6 is 0 Å². The number of pyridine rings is 1. The van der Waals surface area contributed by atoms with Gasteiger partial charge >= 0.3 is 0 Å². The molecule has 0 spiro atoms. The number of rotatable bonds is 3. The Bertz CT molecular complexity index is 1170. The van der Waals surface area contributed by atoms with Crippen LogP contribution in [-0.2, 0) is 0 Å². The molecule has 5 nitrogen and oxygen atoms in total. The highest BCUT2D eigenvalue weighted by Crippen LogP contribution is 2.27. The van der Waals surface area contributed by atoms with Gasteiger partial charge in [-0.2, -0.15) is 0 Å². The number of aryl methyl sites for hydroxylation is 2. The van der Waals surface area contributed by atoms with E-state index in [4.69, 9.17) is 0 Å². The lowest BCUT2D eigenvalue weighted by Crippen LogP contribution is -2.17. The lowest BCUT2D eigenvalue weighted by atomic mass is 10.1. The first-order valence-electron chi connectivity index (χ1n) is 8.40. The highest BCUT2D eigenvalue weighted by molar-refractivity contribution is 5.94. The average molecular weight is 342 g/mol. The zero-order valence-electron chi connectivity index (χ0n) is 14.6. The lowest BCUT2D eigenvalue weighted by Gasteiger charge is -2.04. The Morgan fingerprint density at radius 2 is 1.85 bits per heavy atom. The Morgan fingerprint density at radius 1 is 1.04 bits per heavy atom. The van der Waals surface area contributed by atoms with Crippen LogP contribution in [0.25, 0.3) is 16.6 Å². The maximum absolute atomic E-state index is 12.8. The highest BCUT2D eigenvalue weighted by atomic mass is 16.1. The molecule has 4 aromatic rings. The zero-order valence-corrected chi connectivity index (χ0v) is 14.6. The number of aromatic amines is 1. The summed E-state index contributed by atoms with van der Waals surface area (Å²) in [7, 11) is 0. The second-order valence-electron chi connectivity index (χ2n) is 6.19. The van der Waals surface area contributed by atoms with E-state index in [1.54, 1.807) is 12.4 Å². The van der Waals surface area contributed by atoms with E-state index in [0.717, 1.165) is 33.5 Å². The number of H-pyrrole nitrogens is 1. The minimum atomic E-state index is -0.122. The van der Waals surface area contributed by atoms with E-state index >= 15 is 0 Å². The standard InChI is InChI=1S/C21H18N4O/c1-14-10-11-16-7-6-12-22-20(16)19(14)23-13-18-15(2)24-25(21(18)26)17-8-4-3-5-9-17/h3-13,24H,1-2H3. The molecule has 0 unspecified atom stereocenters. The smallest absolute Gasteiger partial charge is 0.280 e. The van der Waals surface area contributed by atoms with Gasteiger partial charge in [0.25, 0.3) is 5.56 Å². The molecule has 2 aromatic heterocycles. The van der Waals surface area contributed by atoms with Gasteiger partial charge in [0.1, 0.15) is 0 Å². The molecule has 0 saturated carbocycles. The van der Waals surface area contributed by atoms with Gasteiger partial charge in [-0.25, -0.2) is 4.68 Å². The number of aliphatic imine (C=N–C) groups is 1. The summed E-state index contributed by atoms with van der Waals surface area (Å²) in [5.74, 6) is 0. The molecule has 5 heteroatoms. The van der Waals surface area contributed by atoms with E-state index in [1.807, 2.05) is 68.4 Å². The summed E-state index contributed by atoms with van der Waals surface area (Å²) < 4.78 is 1.53. The van der Waals surface area contributed by atoms with Crippen LogP contribution in [0.15, 0.2) is 70.6 Å². The molecule has 2 heterocycles. The number of nitrogens with one attached hydrogen (secondary N) is 1. The van der Waals surface area contributed by atoms with Gasteiger partial charge in [0, 0.05) is 23.5 Å². The van der Waals surface area contributed by atoms with E-state index in [9.17, 15) is 4.79 Å². The monoisotopic (exact) mass is 342 g/mol. The predicted molar refractivity (Wildman–Crippen MR) is 105 cm³/mol. The van der Waals surface area contributed by atoms with E-state index in [0.29, 0.717) is 5.56 Å². The molecule has 128 valence electrons. The van der Waals surface area contributed by atoms with Gasteiger partial charge in [0.2, 0.25) is 0 Å². The third-order valence-electron chi connectivity index (χ3n) is 4.40. The van der Waals surface area contributed by atoms with Crippen LogP contribution in [-0.4, -0.2) is 21.0 Å². The summed E-state index contributed by atoms with van der Waals surface area (Å²) in [5, 5.41) is 4.14. The minimum absolute atomic E-state index is 0.122. The Morgan fingerprint density at radius 3 is 2.65 bits per heavy atom. The molecule has 0 saturated heterocycles. The molecule has 0 radical (unpaired) electrons. The van der Waals surface area contributed by atoms with Crippen molar-refractivity contribution in [2.45, 2.75) is 13.8 Å². The Balaban J connectivity index is 1.81. The fourth-order valence-corrected chi connectivity index (χ4v) is 2.99. The van der Waals surface area contributed by atoms with Crippen LogP contribution in [0.3, 0.4) is 0 Å². The third kappa shape index (κ3) is 2.73. The van der Waals surface area contributed by atoms with Crippen molar-refractivity contribution in [1.29, 1.82) is 0 Å². The molecule has 0 atom stereocenters. The van der Waals surface area contributed by atoms with Crippen molar-refractivity contribution >= 4 is 22.8 Å². The SMILES string of the molecule is Cc1ccc2cccnc2c1N=Cc1c(C)[nH]n(-c2ccccc2)c1=O. The van der Waals surface area contributed by atoms with Gasteiger partial charge < -0.3 is 0 Å². The average Bonchev–Trinajstić information content (AvgIpc) is 2.96. The van der Waals surface area contributed by atoms with Gasteiger partial charge in [-0.05, 0) is 37.6 Å². The van der Waals surface area contributed by atoms with Crippen LogP contribution in [0.5, 0.6) is 0 Å². The Kier molecular flexibility index (Phi) is 3.97. The summed E-state index contributed by atoms with van der Waals surface area (Å²) in [6.07, 6.45) is 3.38. The summed E-state index contributed by atoms with van der Waals surface area (Å²) >= 11 is 0. The summed E-state index contributed by atoms with van der Waals surface area (Å²) in [6.45, 7) is 3.86. The van der Waals surface area contributed by atoms with Crippen LogP contribution in [0, 0.1) is 13.8 Å². The van der Waals surface area contributed by atoms with Gasteiger partial charge in [0.15, 0.2) is 0 Å². The summed E-state index contributed by atoms with van der Waals surface area (Å²) in [6, 6.07) is 17.4. The van der Waals surface area contributed by atoms with Gasteiger partial charge in [-0.1, -0.05) is 36.4 Å². The lowest BCUT2D eigenvalue weighted by molar-refractivity contribution is 0.835. The molecule has 26 heavy (non-hydrogen) atoms. The van der Waals surface area contributed by atoms with Crippen LogP contribution in [0.2, 0.25) is 0 Å². The summed E-state index contributed by atoms with van der Waals surface area (Å²) in [5.41, 5.74) is 4.62. The normalized spacial score (nSPS) is 11.5. The first kappa shape index (κ1) is 16.0. The van der Waals surface area contributed by atoms with E-state index in [1.165, 1.54) is 4.68 Å². The first-order chi connectivity index (χ1) is 12.6. The van der Waals surface area contributed by atoms with E-state index < -0.39 is 0 Å². The fourth-order valence-electron chi connectivity index (χ4n) is 2.99. The largest absolute Gasteiger partial charge is 0.295 e. The fraction of sp³-hybridized carbons (Fsp3) is 0.0952. The molecule has 4 rings (SSSR count). The zero-order chi connectivity index (χ0) is 18.1. The van der Waals surface area contributed by atoms with Crippen molar-refractivity contribution in [2.75, 3.05) is 0 Å². The van der Waals surface area contributed by atoms with Crippen molar-refractivity contribution in [2.24, 2.45) is 4.99 Å². The van der Waals surface area contributed by atoms with E-state index in [2.05, 4.69) is 15.1 Å². The molecule has 0 aliphatic carbocycles. The maximum atomic E-state index is 12.8. The number of hydrogen-bond donors (Lipinski definition) is 1. The number of benzene rings is 2. The second kappa shape index (κ2) is 6.44. The van der Waals surface area contributed by atoms with Crippen molar-refractivity contribution in [1.82, 2.24) is 14.8 Å². The summed E-state index contributed by atoms with van der Waals surface area (Å²) in [4.78, 5) is 21.8. The first-order valence-corrected chi connectivity index (χ1v) is 8.40. The van der Waals surface area contributed by atoms with Gasteiger partial charge in [-0.3, -0.25) is 19.9 Å². The molecule has 0 amide bonds. The molecule has 0 aliphatic heterocycles. The second-order valence-corrected chi connectivity index (χ2v) is 6.19. The van der Waals surface area contributed by atoms with Crippen LogP contribution in [0.4, 0.5) is 5.69 Å². The molecule has 0 bridgehead atoms. The van der Waals surface area contributed by atoms with Crippen molar-refractivity contribution in [3.63, 3.8) is 0 Å². The Labute approximate surface area is 150 Å². The van der Waals surface area contributed by atoms with Crippen molar-refractivity contribution < 1.29 is 0 Å². The van der Waals surface area contributed by atoms with Crippen molar-refractivity contribution in [3.8, 4) is 5.69 Å². The Hall–Kier alpha value is -3.47. The molecule has 0 aliphatic rings. The topological polar surface area (TPSA) is 63.0 Å². The van der Waals surface area contributed by atoms with Crippen molar-refractivity contribution in [3.05, 3.63) is 88.0 Å². The van der Waals surface area contributed by atoms with E-state index in [-0.39, 0.29) is 5.56 Å². The number of para-hydroxylation sites is 1. The molecule has 0 fully saturated rings. The molecule has 2 aromatic carbocycles. The number of nitrogens with zero attached hydrogens (tertiary/aromatic N) is 3. The molecule has 1 N–H and O–H groups in total. The minimum Gasteiger partial charge on any atom is -0.295 e. The molecular weight excluding hydrogens is 324 g/mol. The number of hydrogen-bond acceptors (Lipinski definition) is 3. The number of aromatic nitrogens is 3. The number of fused-ring (bicyclic) bond motifs is 1. The third-order valence-corrected chi connectivity index (χ3v) is 4.40. The van der Waals surface area contributed by atoms with Crippen LogP contribution in [0.1, 0.15) is 16.8 Å². The quantitative estimate of drug-likeness (QED) is 0.570. The van der Waals surface area contributed by atoms with Crippen LogP contribution < -0.4 is 5.56 Å². The molecular formula is C21H18N4O. The predicted octanol–water partition coefficient (Wildman–Crippen LogP) is 4.08. The van der Waals surface area contributed by atoms with Gasteiger partial charge in [-0.15, -0.1) is 0 Å². The highest BCUT2D eigenvalue weighted by Gasteiger charge is 2.11. The van der Waals surface area contributed by atoms with Gasteiger partial charge in [0.05, 0.1) is 22.5 Å². The maximum Gasteiger partial charge on any atom is 0.280 e.